The quantitative estimate of drug-likeness (QED) is 0.539. The number of rotatable bonds is 7. The zero-order chi connectivity index (χ0) is 20.3. The maximum absolute atomic E-state index is 12.3. The highest BCUT2D eigenvalue weighted by molar-refractivity contribution is 7.99. The topological polar surface area (TPSA) is 106 Å². The van der Waals surface area contributed by atoms with Gasteiger partial charge in [0.05, 0.1) is 12.9 Å². The number of benzene rings is 1. The van der Waals surface area contributed by atoms with Gasteiger partial charge in [-0.3, -0.25) is 19.6 Å². The summed E-state index contributed by atoms with van der Waals surface area (Å²) in [6.45, 7) is 3.41. The van der Waals surface area contributed by atoms with Crippen LogP contribution in [0.2, 0.25) is 0 Å². The molecule has 1 atom stereocenters. The highest BCUT2D eigenvalue weighted by Crippen LogP contribution is 2.23. The van der Waals surface area contributed by atoms with Crippen LogP contribution < -0.4 is 15.5 Å². The lowest BCUT2D eigenvalue weighted by Crippen LogP contribution is -2.49. The van der Waals surface area contributed by atoms with Crippen molar-refractivity contribution >= 4 is 29.6 Å². The zero-order valence-electron chi connectivity index (χ0n) is 15.8. The van der Waals surface area contributed by atoms with Gasteiger partial charge in [0.25, 0.3) is 5.91 Å². The van der Waals surface area contributed by atoms with Gasteiger partial charge in [-0.25, -0.2) is 9.78 Å². The van der Waals surface area contributed by atoms with Gasteiger partial charge in [0.2, 0.25) is 5.91 Å². The highest BCUT2D eigenvalue weighted by atomic mass is 32.2. The van der Waals surface area contributed by atoms with Gasteiger partial charge in [0.1, 0.15) is 11.3 Å². The molecule has 148 valence electrons. The monoisotopic (exact) mass is 403 g/mol. The summed E-state index contributed by atoms with van der Waals surface area (Å²) in [7, 11) is 1.60. The Labute approximate surface area is 166 Å². The van der Waals surface area contributed by atoms with E-state index in [-0.39, 0.29) is 5.75 Å². The van der Waals surface area contributed by atoms with Crippen molar-refractivity contribution in [3.05, 3.63) is 36.7 Å². The van der Waals surface area contributed by atoms with E-state index in [2.05, 4.69) is 15.7 Å². The molecule has 1 fully saturated rings. The van der Waals surface area contributed by atoms with Crippen LogP contribution in [0.1, 0.15) is 20.3 Å². The van der Waals surface area contributed by atoms with Gasteiger partial charge in [-0.1, -0.05) is 18.7 Å². The van der Waals surface area contributed by atoms with Crippen LogP contribution in [-0.2, 0) is 9.59 Å². The minimum absolute atomic E-state index is 0.00688. The van der Waals surface area contributed by atoms with Gasteiger partial charge in [-0.15, -0.1) is 0 Å². The predicted octanol–water partition coefficient (Wildman–Crippen LogP) is 1.72. The van der Waals surface area contributed by atoms with E-state index in [1.807, 2.05) is 28.8 Å². The van der Waals surface area contributed by atoms with Crippen molar-refractivity contribution in [2.45, 2.75) is 31.0 Å². The molecule has 10 heteroatoms. The number of nitrogens with zero attached hydrogens (tertiary/aromatic N) is 3. The predicted molar refractivity (Wildman–Crippen MR) is 103 cm³/mol. The lowest BCUT2D eigenvalue weighted by atomic mass is 10.00. The highest BCUT2D eigenvalue weighted by Gasteiger charge is 2.47. The summed E-state index contributed by atoms with van der Waals surface area (Å²) in [4.78, 5) is 40.8. The second-order valence-corrected chi connectivity index (χ2v) is 7.30. The van der Waals surface area contributed by atoms with E-state index >= 15 is 0 Å². The van der Waals surface area contributed by atoms with E-state index in [4.69, 9.17) is 4.74 Å². The van der Waals surface area contributed by atoms with Crippen LogP contribution in [0, 0.1) is 0 Å². The Balaban J connectivity index is 1.62. The standard InChI is InChI=1S/C18H21N5O4S/c1-4-18(2)15(25)23(16(26)20-18)21-14(24)11-28-17-19-9-10-22(17)12-5-7-13(27-3)8-6-12/h5-10H,4,11H2,1-3H3,(H,20,26)(H,21,24). The first-order valence-corrected chi connectivity index (χ1v) is 9.63. The minimum atomic E-state index is -0.998. The fourth-order valence-corrected chi connectivity index (χ4v) is 3.41. The fraction of sp³-hybridized carbons (Fsp3) is 0.333. The summed E-state index contributed by atoms with van der Waals surface area (Å²) in [6.07, 6.45) is 3.85. The molecule has 0 spiro atoms. The zero-order valence-corrected chi connectivity index (χ0v) is 16.6. The van der Waals surface area contributed by atoms with E-state index < -0.39 is 23.4 Å². The molecule has 1 saturated heterocycles. The molecule has 0 radical (unpaired) electrons. The Morgan fingerprint density at radius 3 is 2.64 bits per heavy atom. The van der Waals surface area contributed by atoms with Crippen molar-refractivity contribution in [3.63, 3.8) is 0 Å². The van der Waals surface area contributed by atoms with E-state index in [0.717, 1.165) is 16.4 Å². The number of thioether (sulfide) groups is 1. The third-order valence-electron chi connectivity index (χ3n) is 4.49. The number of imidazole rings is 1. The van der Waals surface area contributed by atoms with Gasteiger partial charge in [0.15, 0.2) is 5.16 Å². The number of hydrogen-bond donors (Lipinski definition) is 2. The first-order chi connectivity index (χ1) is 13.4. The average Bonchev–Trinajstić information content (AvgIpc) is 3.25. The molecule has 1 aliphatic heterocycles. The number of aromatic nitrogens is 2. The molecular weight excluding hydrogens is 382 g/mol. The summed E-state index contributed by atoms with van der Waals surface area (Å²) in [5, 5.41) is 3.93. The van der Waals surface area contributed by atoms with Crippen LogP contribution in [0.5, 0.6) is 5.75 Å². The number of imide groups is 1. The Morgan fingerprint density at radius 2 is 2.04 bits per heavy atom. The van der Waals surface area contributed by atoms with Crippen LogP contribution in [-0.4, -0.2) is 50.8 Å². The van der Waals surface area contributed by atoms with Crippen molar-refractivity contribution in [1.29, 1.82) is 0 Å². The molecule has 28 heavy (non-hydrogen) atoms. The van der Waals surface area contributed by atoms with Gasteiger partial charge >= 0.3 is 6.03 Å². The summed E-state index contributed by atoms with van der Waals surface area (Å²) in [5.74, 6) is -0.214. The van der Waals surface area contributed by atoms with E-state index in [1.165, 1.54) is 11.8 Å². The van der Waals surface area contributed by atoms with Crippen LogP contribution >= 0.6 is 11.8 Å². The summed E-state index contributed by atoms with van der Waals surface area (Å²) >= 11 is 1.20. The van der Waals surface area contributed by atoms with E-state index in [0.29, 0.717) is 11.6 Å². The number of ether oxygens (including phenoxy) is 1. The van der Waals surface area contributed by atoms with Crippen molar-refractivity contribution in [1.82, 2.24) is 25.3 Å². The third-order valence-corrected chi connectivity index (χ3v) is 5.46. The Morgan fingerprint density at radius 1 is 1.32 bits per heavy atom. The van der Waals surface area contributed by atoms with Crippen LogP contribution in [0.3, 0.4) is 0 Å². The number of nitrogens with one attached hydrogen (secondary N) is 2. The number of amides is 4. The molecule has 0 bridgehead atoms. The Bertz CT molecular complexity index is 898. The van der Waals surface area contributed by atoms with E-state index in [9.17, 15) is 14.4 Å². The van der Waals surface area contributed by atoms with Crippen molar-refractivity contribution in [2.24, 2.45) is 0 Å². The molecule has 3 rings (SSSR count). The van der Waals surface area contributed by atoms with Gasteiger partial charge in [0, 0.05) is 18.1 Å². The molecule has 2 N–H and O–H groups in total. The fourth-order valence-electron chi connectivity index (χ4n) is 2.65. The SMILES string of the molecule is CCC1(C)NC(=O)N(NC(=O)CSc2nccn2-c2ccc(OC)cc2)C1=O. The maximum atomic E-state index is 12.3. The third kappa shape index (κ3) is 3.81. The molecular formula is C18H21N5O4S. The summed E-state index contributed by atoms with van der Waals surface area (Å²) in [6, 6.07) is 6.79. The number of hydrazine groups is 1. The normalized spacial score (nSPS) is 18.9. The molecule has 1 aliphatic rings. The lowest BCUT2D eigenvalue weighted by Gasteiger charge is -2.19. The van der Waals surface area contributed by atoms with E-state index in [1.54, 1.807) is 33.4 Å². The average molecular weight is 403 g/mol. The first kappa shape index (κ1) is 19.7. The second kappa shape index (κ2) is 7.93. The maximum Gasteiger partial charge on any atom is 0.344 e. The van der Waals surface area contributed by atoms with Crippen LogP contribution in [0.25, 0.3) is 5.69 Å². The molecule has 9 nitrogen and oxygen atoms in total. The van der Waals surface area contributed by atoms with Crippen molar-refractivity contribution in [3.8, 4) is 11.4 Å². The smallest absolute Gasteiger partial charge is 0.344 e. The number of hydrogen-bond acceptors (Lipinski definition) is 6. The number of methoxy groups -OCH3 is 1. The van der Waals surface area contributed by atoms with Gasteiger partial charge in [-0.05, 0) is 37.6 Å². The number of carbonyl (C=O) groups excluding carboxylic acids is 3. The van der Waals surface area contributed by atoms with Crippen molar-refractivity contribution < 1.29 is 19.1 Å². The molecule has 0 aliphatic carbocycles. The second-order valence-electron chi connectivity index (χ2n) is 6.36. The van der Waals surface area contributed by atoms with Gasteiger partial charge < -0.3 is 10.1 Å². The number of urea groups is 1. The summed E-state index contributed by atoms with van der Waals surface area (Å²) in [5.41, 5.74) is 2.23. The largest absolute Gasteiger partial charge is 0.497 e. The van der Waals surface area contributed by atoms with Gasteiger partial charge in [-0.2, -0.15) is 5.01 Å². The first-order valence-electron chi connectivity index (χ1n) is 8.64. The molecule has 1 unspecified atom stereocenters. The minimum Gasteiger partial charge on any atom is -0.497 e. The van der Waals surface area contributed by atoms with Crippen LogP contribution in [0.4, 0.5) is 4.79 Å². The summed E-state index contributed by atoms with van der Waals surface area (Å²) < 4.78 is 6.98. The van der Waals surface area contributed by atoms with Crippen LogP contribution in [0.15, 0.2) is 41.8 Å². The number of carbonyl (C=O) groups is 3. The lowest BCUT2D eigenvalue weighted by molar-refractivity contribution is -0.137. The molecule has 2 aromatic rings. The van der Waals surface area contributed by atoms with Crippen molar-refractivity contribution in [2.75, 3.05) is 12.9 Å². The Hall–Kier alpha value is -3.01. The molecule has 1 aromatic carbocycles. The Kier molecular flexibility index (Phi) is 5.59. The molecule has 0 saturated carbocycles. The molecule has 4 amide bonds. The molecule has 2 heterocycles. The molecule has 1 aromatic heterocycles.